The first kappa shape index (κ1) is 17.6. The highest BCUT2D eigenvalue weighted by molar-refractivity contribution is 5.95. The highest BCUT2D eigenvalue weighted by Crippen LogP contribution is 2.30. The van der Waals surface area contributed by atoms with Gasteiger partial charge in [-0.15, -0.1) is 0 Å². The molecule has 3 rings (SSSR count). The Kier molecular flexibility index (Phi) is 4.97. The van der Waals surface area contributed by atoms with Crippen LogP contribution in [0.5, 0.6) is 0 Å². The van der Waals surface area contributed by atoms with Crippen molar-refractivity contribution in [1.82, 2.24) is 5.32 Å². The van der Waals surface area contributed by atoms with E-state index in [1.807, 2.05) is 12.1 Å². The first-order chi connectivity index (χ1) is 12.4. The number of benzene rings is 2. The minimum Gasteiger partial charge on any atom is -0.348 e. The van der Waals surface area contributed by atoms with Crippen LogP contribution < -0.4 is 10.6 Å². The van der Waals surface area contributed by atoms with Crippen LogP contribution in [0, 0.1) is 23.0 Å². The Balaban J connectivity index is 1.56. The molecule has 26 heavy (non-hydrogen) atoms. The van der Waals surface area contributed by atoms with E-state index in [9.17, 15) is 19.7 Å². The first-order valence-electron chi connectivity index (χ1n) is 8.37. The van der Waals surface area contributed by atoms with Crippen molar-refractivity contribution in [2.24, 2.45) is 5.92 Å². The molecule has 0 radical (unpaired) electrons. The van der Waals surface area contributed by atoms with Crippen LogP contribution in [0.25, 0.3) is 0 Å². The topological polar surface area (TPSA) is 101 Å². The quantitative estimate of drug-likeness (QED) is 0.615. The SMILES string of the molecule is Cc1cc(C(=O)NCc2ccc(NC(=O)C3CC3)cc2)ccc1[N+](=O)[O-]. The molecule has 7 nitrogen and oxygen atoms in total. The number of hydrogen-bond donors (Lipinski definition) is 2. The Labute approximate surface area is 150 Å². The number of carbonyl (C=O) groups excluding carboxylic acids is 2. The third-order valence-corrected chi connectivity index (χ3v) is 4.28. The van der Waals surface area contributed by atoms with E-state index in [0.29, 0.717) is 17.7 Å². The van der Waals surface area contributed by atoms with Crippen LogP contribution in [-0.4, -0.2) is 16.7 Å². The molecule has 1 saturated carbocycles. The summed E-state index contributed by atoms with van der Waals surface area (Å²) < 4.78 is 0. The molecule has 2 aromatic carbocycles. The average molecular weight is 353 g/mol. The van der Waals surface area contributed by atoms with Crippen molar-refractivity contribution < 1.29 is 14.5 Å². The molecule has 2 aromatic rings. The largest absolute Gasteiger partial charge is 0.348 e. The lowest BCUT2D eigenvalue weighted by molar-refractivity contribution is -0.385. The summed E-state index contributed by atoms with van der Waals surface area (Å²) in [6, 6.07) is 11.6. The second kappa shape index (κ2) is 7.35. The van der Waals surface area contributed by atoms with Crippen molar-refractivity contribution >= 4 is 23.2 Å². The number of nitrogens with zero attached hydrogens (tertiary/aromatic N) is 1. The van der Waals surface area contributed by atoms with Crippen molar-refractivity contribution in [2.45, 2.75) is 26.3 Å². The molecular weight excluding hydrogens is 334 g/mol. The molecule has 0 atom stereocenters. The normalized spacial score (nSPS) is 13.1. The number of aryl methyl sites for hydroxylation is 1. The smallest absolute Gasteiger partial charge is 0.272 e. The third-order valence-electron chi connectivity index (χ3n) is 4.28. The van der Waals surface area contributed by atoms with Gasteiger partial charge in [-0.1, -0.05) is 12.1 Å². The average Bonchev–Trinajstić information content (AvgIpc) is 3.45. The number of anilines is 1. The number of rotatable bonds is 6. The van der Waals surface area contributed by atoms with Crippen LogP contribution in [0.1, 0.15) is 34.3 Å². The van der Waals surface area contributed by atoms with Gasteiger partial charge in [-0.05, 0) is 49.6 Å². The van der Waals surface area contributed by atoms with Gasteiger partial charge in [0.25, 0.3) is 11.6 Å². The molecule has 1 aliphatic rings. The molecule has 1 aliphatic carbocycles. The summed E-state index contributed by atoms with van der Waals surface area (Å²) >= 11 is 0. The monoisotopic (exact) mass is 353 g/mol. The number of carbonyl (C=O) groups is 2. The van der Waals surface area contributed by atoms with Gasteiger partial charge in [0.2, 0.25) is 5.91 Å². The van der Waals surface area contributed by atoms with E-state index in [4.69, 9.17) is 0 Å². The summed E-state index contributed by atoms with van der Waals surface area (Å²) in [5.41, 5.74) is 2.44. The van der Waals surface area contributed by atoms with Crippen LogP contribution in [0.4, 0.5) is 11.4 Å². The second-order valence-electron chi connectivity index (χ2n) is 6.40. The highest BCUT2D eigenvalue weighted by Gasteiger charge is 2.29. The number of nitro benzene ring substituents is 1. The van der Waals surface area contributed by atoms with E-state index >= 15 is 0 Å². The van der Waals surface area contributed by atoms with Gasteiger partial charge in [0.15, 0.2) is 0 Å². The molecule has 0 spiro atoms. The lowest BCUT2D eigenvalue weighted by atomic mass is 10.1. The molecule has 0 unspecified atom stereocenters. The molecule has 0 bridgehead atoms. The minimum atomic E-state index is -0.472. The molecule has 0 heterocycles. The van der Waals surface area contributed by atoms with Gasteiger partial charge in [0, 0.05) is 35.3 Å². The van der Waals surface area contributed by atoms with Gasteiger partial charge in [0.05, 0.1) is 4.92 Å². The fourth-order valence-electron chi connectivity index (χ4n) is 2.58. The zero-order valence-electron chi connectivity index (χ0n) is 14.3. The number of nitro groups is 1. The molecular formula is C19H19N3O4. The number of hydrogen-bond acceptors (Lipinski definition) is 4. The fraction of sp³-hybridized carbons (Fsp3) is 0.263. The Bertz CT molecular complexity index is 858. The Morgan fingerprint density at radius 2 is 1.85 bits per heavy atom. The maximum Gasteiger partial charge on any atom is 0.272 e. The summed E-state index contributed by atoms with van der Waals surface area (Å²) in [6.07, 6.45) is 1.91. The molecule has 2 amide bonds. The van der Waals surface area contributed by atoms with Crippen molar-refractivity contribution in [3.8, 4) is 0 Å². The number of amides is 2. The maximum absolute atomic E-state index is 12.2. The lowest BCUT2D eigenvalue weighted by Crippen LogP contribution is -2.23. The van der Waals surface area contributed by atoms with Crippen LogP contribution in [-0.2, 0) is 11.3 Å². The summed E-state index contributed by atoms with van der Waals surface area (Å²) in [5, 5.41) is 16.5. The van der Waals surface area contributed by atoms with Crippen molar-refractivity contribution in [3.63, 3.8) is 0 Å². The van der Waals surface area contributed by atoms with Gasteiger partial charge in [-0.2, -0.15) is 0 Å². The van der Waals surface area contributed by atoms with Crippen molar-refractivity contribution in [1.29, 1.82) is 0 Å². The van der Waals surface area contributed by atoms with Crippen molar-refractivity contribution in [2.75, 3.05) is 5.32 Å². The summed E-state index contributed by atoms with van der Waals surface area (Å²) in [5.74, 6) is -0.0900. The van der Waals surface area contributed by atoms with E-state index < -0.39 is 4.92 Å². The van der Waals surface area contributed by atoms with Crippen LogP contribution in [0.3, 0.4) is 0 Å². The summed E-state index contributed by atoms with van der Waals surface area (Å²) in [7, 11) is 0. The van der Waals surface area contributed by atoms with Gasteiger partial charge in [-0.3, -0.25) is 19.7 Å². The predicted molar refractivity (Wildman–Crippen MR) is 96.8 cm³/mol. The van der Waals surface area contributed by atoms with E-state index in [2.05, 4.69) is 10.6 Å². The van der Waals surface area contributed by atoms with Gasteiger partial charge in [0.1, 0.15) is 0 Å². The molecule has 0 aliphatic heterocycles. The minimum absolute atomic E-state index is 0.00890. The van der Waals surface area contributed by atoms with Crippen molar-refractivity contribution in [3.05, 3.63) is 69.3 Å². The molecule has 7 heteroatoms. The zero-order valence-corrected chi connectivity index (χ0v) is 14.3. The van der Waals surface area contributed by atoms with E-state index in [-0.39, 0.29) is 23.4 Å². The predicted octanol–water partition coefficient (Wildman–Crippen LogP) is 3.18. The Morgan fingerprint density at radius 3 is 2.42 bits per heavy atom. The Hall–Kier alpha value is -3.22. The van der Waals surface area contributed by atoms with Crippen LogP contribution in [0.2, 0.25) is 0 Å². The van der Waals surface area contributed by atoms with Gasteiger partial charge in [-0.25, -0.2) is 0 Å². The third kappa shape index (κ3) is 4.24. The van der Waals surface area contributed by atoms with Crippen LogP contribution in [0.15, 0.2) is 42.5 Å². The maximum atomic E-state index is 12.2. The van der Waals surface area contributed by atoms with Gasteiger partial charge < -0.3 is 10.6 Å². The molecule has 1 fully saturated rings. The molecule has 134 valence electrons. The zero-order chi connectivity index (χ0) is 18.7. The molecule has 2 N–H and O–H groups in total. The second-order valence-corrected chi connectivity index (χ2v) is 6.40. The summed E-state index contributed by atoms with van der Waals surface area (Å²) in [6.45, 7) is 1.93. The fourth-order valence-corrected chi connectivity index (χ4v) is 2.58. The van der Waals surface area contributed by atoms with E-state index in [0.717, 1.165) is 24.1 Å². The Morgan fingerprint density at radius 1 is 1.15 bits per heavy atom. The lowest BCUT2D eigenvalue weighted by Gasteiger charge is -2.08. The highest BCUT2D eigenvalue weighted by atomic mass is 16.6. The molecule has 0 saturated heterocycles. The molecule has 0 aromatic heterocycles. The van der Waals surface area contributed by atoms with Crippen LogP contribution >= 0.6 is 0 Å². The van der Waals surface area contributed by atoms with E-state index in [1.54, 1.807) is 19.1 Å². The number of nitrogens with one attached hydrogen (secondary N) is 2. The summed E-state index contributed by atoms with van der Waals surface area (Å²) in [4.78, 5) is 34.3. The first-order valence-corrected chi connectivity index (χ1v) is 8.37. The standard InChI is InChI=1S/C19H19N3O4/c1-12-10-15(6-9-17(12)22(25)26)18(23)20-11-13-2-7-16(8-3-13)21-19(24)14-4-5-14/h2-3,6-10,14H,4-5,11H2,1H3,(H,20,23)(H,21,24). The van der Waals surface area contributed by atoms with E-state index in [1.165, 1.54) is 18.2 Å². The van der Waals surface area contributed by atoms with Gasteiger partial charge >= 0.3 is 0 Å².